The van der Waals surface area contributed by atoms with Crippen LogP contribution in [0.25, 0.3) is 33.4 Å². The fourth-order valence-corrected chi connectivity index (χ4v) is 4.79. The van der Waals surface area contributed by atoms with Crippen LogP contribution in [0.1, 0.15) is 1.43 Å². The maximum absolute atomic E-state index is 13.4. The van der Waals surface area contributed by atoms with Gasteiger partial charge < -0.3 is 1.43 Å². The molecule has 0 amide bonds. The molecule has 0 N–H and O–H groups in total. The molecule has 1 nitrogen and oxygen atoms in total. The molecule has 0 unspecified atom stereocenters. The molecule has 31 heteroatoms. The van der Waals surface area contributed by atoms with Crippen molar-refractivity contribution in [3.8, 4) is 33.4 Å². The Balaban J connectivity index is 0.000000951. The summed E-state index contributed by atoms with van der Waals surface area (Å²) in [5.74, 6) is -64.5. The Morgan fingerprint density at radius 2 is 0.343 bits per heavy atom. The molecule has 0 heterocycles. The second-order valence-corrected chi connectivity index (χ2v) is 11.4. The van der Waals surface area contributed by atoms with Crippen LogP contribution in [0.4, 0.5) is 123 Å². The van der Waals surface area contributed by atoms with Crippen molar-refractivity contribution >= 4 is 16.2 Å². The maximum atomic E-state index is 13.4. The van der Waals surface area contributed by atoms with Crippen molar-refractivity contribution in [2.45, 2.75) is 0 Å². The summed E-state index contributed by atoms with van der Waals surface area (Å²) in [7, 11) is 0. The number of hydrogen-bond donors (Lipinski definition) is 0. The topological polar surface area (TPSA) is 17.1 Å². The molecule has 0 bridgehead atoms. The molecular weight excluding hydrogens is 1010 g/mol. The van der Waals surface area contributed by atoms with Crippen LogP contribution < -0.4 is 18.9 Å². The van der Waals surface area contributed by atoms with Crippen molar-refractivity contribution in [3.05, 3.63) is 175 Å². The van der Waals surface area contributed by atoms with Crippen molar-refractivity contribution < 1.29 is 147 Å². The van der Waals surface area contributed by atoms with Crippen LogP contribution in [0, 0.1) is 157 Å². The van der Waals surface area contributed by atoms with E-state index in [0.29, 0.717) is 0 Å². The minimum atomic E-state index is -2.53. The first-order valence-corrected chi connectivity index (χ1v) is 15.8. The van der Waals surface area contributed by atoms with E-state index < -0.39 is 190 Å². The molecule has 6 aromatic rings. The van der Waals surface area contributed by atoms with Gasteiger partial charge in [0.2, 0.25) is 17.5 Å². The predicted octanol–water partition coefficient (Wildman–Crippen LogP) is 10.6. The van der Waals surface area contributed by atoms with Crippen LogP contribution in [-0.2, 0) is 3.80 Å². The summed E-state index contributed by atoms with van der Waals surface area (Å²) in [5.41, 5.74) is -10.6. The molecule has 67 heavy (non-hydrogen) atoms. The van der Waals surface area contributed by atoms with Crippen LogP contribution >= 0.6 is 0 Å². The van der Waals surface area contributed by atoms with E-state index in [4.69, 9.17) is 3.80 Å². The van der Waals surface area contributed by atoms with E-state index in [-0.39, 0.29) is 43.2 Å². The summed E-state index contributed by atoms with van der Waals surface area (Å²) in [4.78, 5) is 0. The van der Waals surface area contributed by atoms with E-state index in [9.17, 15) is 119 Å². The molecule has 0 fully saturated rings. The molecule has 0 atom stereocenters. The third-order valence-corrected chi connectivity index (χ3v) is 7.75. The Bertz CT molecular complexity index is 2520. The second kappa shape index (κ2) is 22.9. The van der Waals surface area contributed by atoms with E-state index in [1.807, 2.05) is 0 Å². The molecule has 0 aliphatic carbocycles. The van der Waals surface area contributed by atoms with Gasteiger partial charge in [-0.2, -0.15) is 0 Å². The summed E-state index contributed by atoms with van der Waals surface area (Å²) in [6.07, 6.45) is 0. The van der Waals surface area contributed by atoms with Crippen molar-refractivity contribution in [1.29, 1.82) is 0 Å². The van der Waals surface area contributed by atoms with Gasteiger partial charge in [0.1, 0.15) is 0 Å². The first-order valence-electron chi connectivity index (χ1n) is 15.3. The molecule has 0 aromatic heterocycles. The van der Waals surface area contributed by atoms with Crippen LogP contribution in [0.2, 0.25) is 0 Å². The average molecular weight is 1020 g/mol. The van der Waals surface area contributed by atoms with Gasteiger partial charge in [-0.05, 0) is 18.2 Å². The van der Waals surface area contributed by atoms with Gasteiger partial charge in [0.05, 0.1) is 16.7 Å². The number of halogens is 28. The number of rotatable bonds is 3. The number of hydrogen-bond acceptors (Lipinski definition) is 1. The first kappa shape index (κ1) is 59.3. The van der Waals surface area contributed by atoms with Crippen LogP contribution in [0.5, 0.6) is 0 Å². The molecule has 6 rings (SSSR count). The quantitative estimate of drug-likeness (QED) is 0.0747. The van der Waals surface area contributed by atoms with Crippen molar-refractivity contribution in [3.63, 3.8) is 0 Å². The zero-order valence-electron chi connectivity index (χ0n) is 31.8. The molecule has 0 aliphatic rings. The van der Waals surface area contributed by atoms with Crippen LogP contribution in [-0.4, -0.2) is 16.2 Å². The molecule has 0 saturated carbocycles. The summed E-state index contributed by atoms with van der Waals surface area (Å²) in [6, 6.07) is -0.649. The van der Waals surface area contributed by atoms with Gasteiger partial charge in [0.15, 0.2) is 140 Å². The normalized spacial score (nSPS) is 10.5. The summed E-state index contributed by atoms with van der Waals surface area (Å²) in [6.45, 7) is 0. The summed E-state index contributed by atoms with van der Waals surface area (Å²) in [5, 5.41) is 0. The summed E-state index contributed by atoms with van der Waals surface area (Å²) < 4.78 is 361. The zero-order chi connectivity index (χ0) is 50.2. The van der Waals surface area contributed by atoms with Gasteiger partial charge in [-0.15, -0.1) is 0 Å². The Kier molecular flexibility index (Phi) is 20.2. The zero-order valence-corrected chi connectivity index (χ0v) is 32.0. The monoisotopic (exact) mass is 1020 g/mol. The third kappa shape index (κ3) is 10.7. The third-order valence-electron chi connectivity index (χ3n) is 7.75. The van der Waals surface area contributed by atoms with E-state index in [1.165, 1.54) is 16.2 Å². The minimum absolute atomic E-state index is 0. The van der Waals surface area contributed by atoms with Crippen LogP contribution in [0.3, 0.4) is 0 Å². The van der Waals surface area contributed by atoms with Crippen molar-refractivity contribution in [2.24, 2.45) is 0 Å². The Morgan fingerprint density at radius 3 is 0.493 bits per heavy atom. The fourth-order valence-electron chi connectivity index (χ4n) is 4.79. The second-order valence-electron chi connectivity index (χ2n) is 11.4. The fraction of sp³-hybridized carbons (Fsp3) is 0. The molecule has 0 aliphatic heterocycles. The molecule has 0 spiro atoms. The van der Waals surface area contributed by atoms with Crippen LogP contribution in [0.15, 0.2) is 18.2 Å². The molecule has 6 aromatic carbocycles. The van der Waals surface area contributed by atoms with Gasteiger partial charge in [0, 0.05) is 16.7 Å². The Morgan fingerprint density at radius 1 is 0.224 bits per heavy atom. The molecule has 355 valence electrons. The van der Waals surface area contributed by atoms with Gasteiger partial charge in [-0.3, -0.25) is 4.70 Å². The van der Waals surface area contributed by atoms with Gasteiger partial charge in [0.25, 0.3) is 0 Å². The van der Waals surface area contributed by atoms with Crippen molar-refractivity contribution in [2.75, 3.05) is 0 Å². The van der Waals surface area contributed by atoms with Gasteiger partial charge >= 0.3 is 38.9 Å². The standard InChI is InChI=1S/3C12HF9.Al.FH.Li.O.H/c3*13-3-1-2(5(14)9(18)6(3)15)4-7(16)10(19)12(21)11(20)8(4)17;;;;;/h3*1H;;1H;;;/q;;;;;+1;;-1. The molecule has 1 radical (unpaired) electrons. The van der Waals surface area contributed by atoms with E-state index >= 15 is 0 Å². The van der Waals surface area contributed by atoms with E-state index in [2.05, 4.69) is 0 Å². The first-order chi connectivity index (χ1) is 30.0. The van der Waals surface area contributed by atoms with E-state index in [1.54, 1.807) is 0 Å². The predicted molar refractivity (Wildman–Crippen MR) is 165 cm³/mol. The van der Waals surface area contributed by atoms with Crippen molar-refractivity contribution in [1.82, 2.24) is 0 Å². The SMILES string of the molecule is F.Fc1cc(-c2c(F)c(F)c(F)c(F)c2F)c(F)c(F)c1F.Fc1cc(-c2c(F)c(F)c(F)c(F)c2F)c(F)c(F)c1F.Fc1cc(-c2c(F)c(F)c(F)c(F)c2F)c(F)c(F)c1F.[H-].[Li+].[O]=[Al]. The van der Waals surface area contributed by atoms with Gasteiger partial charge in [-0.25, -0.2) is 119 Å². The average Bonchev–Trinajstić information content (AvgIpc) is 3.28. The van der Waals surface area contributed by atoms with Gasteiger partial charge in [-0.1, -0.05) is 0 Å². The Hall–Kier alpha value is -5.71. The molecular formula is C36H5AlF28LiO. The Labute approximate surface area is 371 Å². The number of benzene rings is 6. The summed E-state index contributed by atoms with van der Waals surface area (Å²) >= 11 is 1.17. The molecule has 0 saturated heterocycles. The van der Waals surface area contributed by atoms with E-state index in [0.717, 1.165) is 0 Å².